The van der Waals surface area contributed by atoms with Crippen molar-refractivity contribution in [1.29, 1.82) is 0 Å². The maximum absolute atomic E-state index is 13.0. The Hall–Kier alpha value is -2.82. The molecule has 0 aliphatic carbocycles. The topological polar surface area (TPSA) is 38.8 Å². The summed E-state index contributed by atoms with van der Waals surface area (Å²) >= 11 is 6.36. The maximum atomic E-state index is 13.0. The third kappa shape index (κ3) is 5.09. The van der Waals surface area contributed by atoms with Gasteiger partial charge in [-0.05, 0) is 52.9 Å². The summed E-state index contributed by atoms with van der Waals surface area (Å²) in [6.07, 6.45) is 0. The minimum Gasteiger partial charge on any atom is -0.460 e. The van der Waals surface area contributed by atoms with E-state index in [2.05, 4.69) is 11.0 Å². The molecule has 0 bridgehead atoms. The molecule has 1 unspecified atom stereocenters. The normalized spacial score (nSPS) is 14.3. The number of rotatable bonds is 7. The second kappa shape index (κ2) is 9.54. The van der Waals surface area contributed by atoms with Gasteiger partial charge in [0.2, 0.25) is 0 Å². The Morgan fingerprint density at radius 2 is 1.71 bits per heavy atom. The Balaban J connectivity index is 1.40. The fraction of sp³-hybridized carbons (Fsp3) is 0.269. The zero-order valence-corrected chi connectivity index (χ0v) is 18.5. The van der Waals surface area contributed by atoms with Crippen LogP contribution in [0.25, 0.3) is 0 Å². The van der Waals surface area contributed by atoms with E-state index < -0.39 is 0 Å². The largest absolute Gasteiger partial charge is 0.460 e. The third-order valence-corrected chi connectivity index (χ3v) is 5.83. The van der Waals surface area contributed by atoms with Crippen LogP contribution in [0, 0.1) is 5.92 Å². The van der Waals surface area contributed by atoms with Crippen LogP contribution in [0.15, 0.2) is 72.8 Å². The van der Waals surface area contributed by atoms with Crippen LogP contribution in [0.5, 0.6) is 11.5 Å². The Morgan fingerprint density at radius 3 is 2.45 bits per heavy atom. The molecule has 1 atom stereocenters. The lowest BCUT2D eigenvalue weighted by Gasteiger charge is -2.28. The first-order chi connectivity index (χ1) is 15.0. The smallest absolute Gasteiger partial charge is 0.323 e. The lowest BCUT2D eigenvalue weighted by Crippen LogP contribution is -2.42. The number of carbonyl (C=O) groups excluding carboxylic acids is 1. The van der Waals surface area contributed by atoms with Crippen molar-refractivity contribution in [3.63, 3.8) is 0 Å². The van der Waals surface area contributed by atoms with Gasteiger partial charge in [-0.3, -0.25) is 9.69 Å². The number of benzene rings is 3. The molecule has 3 aromatic rings. The standard InChI is InChI=1S/C26H26ClNO3/c1-18(2)25(28-15-20-9-7-13-24(27)23(20)16-28)26(29)30-17-19-8-6-12-22(14-19)31-21-10-4-3-5-11-21/h3-14,18,25H,15-17H2,1-2H3. The number of fused-ring (bicyclic) bond motifs is 1. The Morgan fingerprint density at radius 1 is 0.968 bits per heavy atom. The second-order valence-corrected chi connectivity index (χ2v) is 8.55. The van der Waals surface area contributed by atoms with E-state index in [-0.39, 0.29) is 24.5 Å². The summed E-state index contributed by atoms with van der Waals surface area (Å²) < 4.78 is 11.6. The molecule has 160 valence electrons. The number of hydrogen-bond donors (Lipinski definition) is 0. The molecule has 0 saturated carbocycles. The molecule has 31 heavy (non-hydrogen) atoms. The van der Waals surface area contributed by atoms with Crippen molar-refractivity contribution in [2.24, 2.45) is 5.92 Å². The molecule has 0 amide bonds. The summed E-state index contributed by atoms with van der Waals surface area (Å²) in [4.78, 5) is 15.2. The average Bonchev–Trinajstić information content (AvgIpc) is 3.18. The van der Waals surface area contributed by atoms with Gasteiger partial charge in [-0.25, -0.2) is 0 Å². The van der Waals surface area contributed by atoms with Gasteiger partial charge in [0.05, 0.1) is 0 Å². The maximum Gasteiger partial charge on any atom is 0.323 e. The quantitative estimate of drug-likeness (QED) is 0.413. The summed E-state index contributed by atoms with van der Waals surface area (Å²) in [6.45, 7) is 5.66. The molecular formula is C26H26ClNO3. The SMILES string of the molecule is CC(C)C(C(=O)OCc1cccc(Oc2ccccc2)c1)N1Cc2cccc(Cl)c2C1. The average molecular weight is 436 g/mol. The van der Waals surface area contributed by atoms with E-state index in [1.165, 1.54) is 5.56 Å². The van der Waals surface area contributed by atoms with Gasteiger partial charge in [-0.1, -0.05) is 67.9 Å². The number of nitrogens with zero attached hydrogens (tertiary/aromatic N) is 1. The van der Waals surface area contributed by atoms with Gasteiger partial charge >= 0.3 is 5.97 Å². The summed E-state index contributed by atoms with van der Waals surface area (Å²) in [5.74, 6) is 1.38. The highest BCUT2D eigenvalue weighted by Gasteiger charge is 2.34. The highest BCUT2D eigenvalue weighted by atomic mass is 35.5. The van der Waals surface area contributed by atoms with Gasteiger partial charge in [-0.2, -0.15) is 0 Å². The van der Waals surface area contributed by atoms with E-state index in [9.17, 15) is 4.79 Å². The van der Waals surface area contributed by atoms with Crippen LogP contribution in [0.2, 0.25) is 5.02 Å². The van der Waals surface area contributed by atoms with Gasteiger partial charge in [0.25, 0.3) is 0 Å². The molecule has 1 aliphatic heterocycles. The third-order valence-electron chi connectivity index (χ3n) is 5.48. The van der Waals surface area contributed by atoms with Crippen molar-refractivity contribution in [3.8, 4) is 11.5 Å². The lowest BCUT2D eigenvalue weighted by molar-refractivity contribution is -0.153. The van der Waals surface area contributed by atoms with Crippen molar-refractivity contribution in [2.75, 3.05) is 0 Å². The van der Waals surface area contributed by atoms with Crippen LogP contribution in [-0.2, 0) is 29.2 Å². The van der Waals surface area contributed by atoms with Gasteiger partial charge < -0.3 is 9.47 Å². The molecule has 4 rings (SSSR count). The minimum atomic E-state index is -0.327. The molecule has 0 radical (unpaired) electrons. The number of para-hydroxylation sites is 1. The van der Waals surface area contributed by atoms with Gasteiger partial charge in [0.15, 0.2) is 0 Å². The second-order valence-electron chi connectivity index (χ2n) is 8.14. The Bertz CT molecular complexity index is 1050. The molecule has 3 aromatic carbocycles. The van der Waals surface area contributed by atoms with Gasteiger partial charge in [0.1, 0.15) is 24.1 Å². The molecular weight excluding hydrogens is 410 g/mol. The first-order valence-electron chi connectivity index (χ1n) is 10.5. The van der Waals surface area contributed by atoms with E-state index in [0.717, 1.165) is 21.9 Å². The first kappa shape index (κ1) is 21.4. The number of hydrogen-bond acceptors (Lipinski definition) is 4. The van der Waals surface area contributed by atoms with Crippen LogP contribution in [0.3, 0.4) is 0 Å². The highest BCUT2D eigenvalue weighted by Crippen LogP contribution is 2.32. The van der Waals surface area contributed by atoms with Crippen molar-refractivity contribution < 1.29 is 14.3 Å². The monoisotopic (exact) mass is 435 g/mol. The van der Waals surface area contributed by atoms with Crippen molar-refractivity contribution in [3.05, 3.63) is 94.5 Å². The van der Waals surface area contributed by atoms with Crippen LogP contribution in [-0.4, -0.2) is 16.9 Å². The molecule has 0 saturated heterocycles. The fourth-order valence-electron chi connectivity index (χ4n) is 4.01. The molecule has 5 heteroatoms. The zero-order valence-electron chi connectivity index (χ0n) is 17.8. The molecule has 4 nitrogen and oxygen atoms in total. The van der Waals surface area contributed by atoms with Crippen molar-refractivity contribution in [2.45, 2.75) is 39.6 Å². The summed E-state index contributed by atoms with van der Waals surface area (Å²) in [7, 11) is 0. The van der Waals surface area contributed by atoms with Crippen molar-refractivity contribution in [1.82, 2.24) is 4.90 Å². The number of carbonyl (C=O) groups is 1. The lowest BCUT2D eigenvalue weighted by atomic mass is 10.0. The number of halogens is 1. The minimum absolute atomic E-state index is 0.119. The van der Waals surface area contributed by atoms with Crippen LogP contribution in [0.1, 0.15) is 30.5 Å². The van der Waals surface area contributed by atoms with E-state index >= 15 is 0 Å². The van der Waals surface area contributed by atoms with Crippen LogP contribution < -0.4 is 4.74 Å². The Labute approximate surface area is 188 Å². The molecule has 0 aromatic heterocycles. The van der Waals surface area contributed by atoms with Gasteiger partial charge in [0, 0.05) is 18.1 Å². The van der Waals surface area contributed by atoms with E-state index in [1.54, 1.807) is 0 Å². The molecule has 0 N–H and O–H groups in total. The van der Waals surface area contributed by atoms with Crippen molar-refractivity contribution >= 4 is 17.6 Å². The van der Waals surface area contributed by atoms with Crippen LogP contribution >= 0.6 is 11.6 Å². The molecule has 1 aliphatic rings. The van der Waals surface area contributed by atoms with Crippen LogP contribution in [0.4, 0.5) is 0 Å². The summed E-state index contributed by atoms with van der Waals surface area (Å²) in [5, 5.41) is 0.756. The molecule has 1 heterocycles. The zero-order chi connectivity index (χ0) is 21.8. The summed E-state index contributed by atoms with van der Waals surface area (Å²) in [6, 6.07) is 22.8. The fourth-order valence-corrected chi connectivity index (χ4v) is 4.26. The van der Waals surface area contributed by atoms with Gasteiger partial charge in [-0.15, -0.1) is 0 Å². The van der Waals surface area contributed by atoms with E-state index in [0.29, 0.717) is 18.8 Å². The first-order valence-corrected chi connectivity index (χ1v) is 10.9. The molecule has 0 fully saturated rings. The van der Waals surface area contributed by atoms with E-state index in [1.807, 2.05) is 80.6 Å². The number of ether oxygens (including phenoxy) is 2. The summed E-state index contributed by atoms with van der Waals surface area (Å²) in [5.41, 5.74) is 3.17. The predicted octanol–water partition coefficient (Wildman–Crippen LogP) is 6.22. The number of esters is 1. The highest BCUT2D eigenvalue weighted by molar-refractivity contribution is 6.31. The molecule has 0 spiro atoms. The predicted molar refractivity (Wildman–Crippen MR) is 122 cm³/mol. The van der Waals surface area contributed by atoms with E-state index in [4.69, 9.17) is 21.1 Å². The Kier molecular flexibility index (Phi) is 6.59.